The molecule has 100 valence electrons. The molecule has 0 amide bonds. The zero-order valence-corrected chi connectivity index (χ0v) is 12.4. The third-order valence-electron chi connectivity index (χ3n) is 4.79. The van der Waals surface area contributed by atoms with Crippen molar-refractivity contribution in [1.29, 1.82) is 0 Å². The number of hydrogen-bond donors (Lipinski definition) is 1. The van der Waals surface area contributed by atoms with E-state index in [0.29, 0.717) is 6.04 Å². The minimum Gasteiger partial charge on any atom is -0.327 e. The Bertz CT molecular complexity index is 246. The summed E-state index contributed by atoms with van der Waals surface area (Å²) in [6.45, 7) is 9.63. The maximum atomic E-state index is 6.31. The van der Waals surface area contributed by atoms with E-state index >= 15 is 0 Å². The molecule has 5 unspecified atom stereocenters. The van der Waals surface area contributed by atoms with E-state index in [-0.39, 0.29) is 0 Å². The van der Waals surface area contributed by atoms with Crippen LogP contribution in [0.5, 0.6) is 0 Å². The largest absolute Gasteiger partial charge is 0.327 e. The molecule has 1 saturated carbocycles. The number of nitrogens with zero attached hydrogens (tertiary/aromatic N) is 1. The van der Waals surface area contributed by atoms with Crippen LogP contribution in [0.4, 0.5) is 0 Å². The molecule has 2 N–H and O–H groups in total. The Balaban J connectivity index is 1.90. The molecule has 2 nitrogen and oxygen atoms in total. The van der Waals surface area contributed by atoms with Crippen molar-refractivity contribution in [3.63, 3.8) is 0 Å². The minimum absolute atomic E-state index is 0.447. The summed E-state index contributed by atoms with van der Waals surface area (Å²) in [5, 5.41) is 0.779. The van der Waals surface area contributed by atoms with Crippen molar-refractivity contribution in [2.75, 3.05) is 18.8 Å². The number of nitrogens with two attached hydrogens (primary N) is 1. The SMILES string of the molecule is CC1CCC(N)C(CN2CCSC(C)C2C)C1. The van der Waals surface area contributed by atoms with Crippen LogP contribution >= 0.6 is 11.8 Å². The standard InChI is InChI=1S/C14H28N2S/c1-10-4-5-14(15)13(8-10)9-16-6-7-17-12(3)11(16)2/h10-14H,4-9,15H2,1-3H3. The first-order valence-corrected chi connectivity index (χ1v) is 8.24. The lowest BCUT2D eigenvalue weighted by atomic mass is 9.79. The Labute approximate surface area is 111 Å². The average molecular weight is 256 g/mol. The molecule has 17 heavy (non-hydrogen) atoms. The van der Waals surface area contributed by atoms with Crippen LogP contribution in [0.2, 0.25) is 0 Å². The zero-order valence-electron chi connectivity index (χ0n) is 11.6. The van der Waals surface area contributed by atoms with Gasteiger partial charge < -0.3 is 5.73 Å². The van der Waals surface area contributed by atoms with Gasteiger partial charge in [-0.15, -0.1) is 0 Å². The van der Waals surface area contributed by atoms with Gasteiger partial charge in [0.15, 0.2) is 0 Å². The monoisotopic (exact) mass is 256 g/mol. The molecule has 2 fully saturated rings. The maximum Gasteiger partial charge on any atom is 0.0184 e. The highest BCUT2D eigenvalue weighted by Crippen LogP contribution is 2.31. The number of thioether (sulfide) groups is 1. The van der Waals surface area contributed by atoms with Gasteiger partial charge in [0.1, 0.15) is 0 Å². The van der Waals surface area contributed by atoms with Gasteiger partial charge in [-0.3, -0.25) is 4.90 Å². The van der Waals surface area contributed by atoms with Gasteiger partial charge in [0.2, 0.25) is 0 Å². The molecule has 0 aromatic rings. The van der Waals surface area contributed by atoms with Crippen molar-refractivity contribution in [3.8, 4) is 0 Å². The first-order chi connectivity index (χ1) is 8.08. The van der Waals surface area contributed by atoms with Gasteiger partial charge in [-0.2, -0.15) is 11.8 Å². The Hall–Kier alpha value is 0.270. The van der Waals surface area contributed by atoms with Crippen molar-refractivity contribution in [3.05, 3.63) is 0 Å². The fraction of sp³-hybridized carbons (Fsp3) is 1.00. The molecule has 1 aliphatic carbocycles. The van der Waals surface area contributed by atoms with Crippen LogP contribution in [0, 0.1) is 11.8 Å². The lowest BCUT2D eigenvalue weighted by Crippen LogP contribution is -2.50. The van der Waals surface area contributed by atoms with Crippen LogP contribution in [-0.4, -0.2) is 41.1 Å². The third kappa shape index (κ3) is 3.39. The fourth-order valence-electron chi connectivity index (χ4n) is 3.29. The summed E-state index contributed by atoms with van der Waals surface area (Å²) >= 11 is 2.12. The van der Waals surface area contributed by atoms with Crippen LogP contribution in [0.3, 0.4) is 0 Å². The molecule has 0 aromatic heterocycles. The van der Waals surface area contributed by atoms with Crippen LogP contribution in [0.1, 0.15) is 40.0 Å². The minimum atomic E-state index is 0.447. The highest BCUT2D eigenvalue weighted by molar-refractivity contribution is 8.00. The molecule has 2 aliphatic rings. The lowest BCUT2D eigenvalue weighted by molar-refractivity contribution is 0.133. The second kappa shape index (κ2) is 5.94. The molecule has 0 radical (unpaired) electrons. The predicted octanol–water partition coefficient (Wildman–Crippen LogP) is 2.58. The van der Waals surface area contributed by atoms with Gasteiger partial charge in [-0.1, -0.05) is 13.8 Å². The van der Waals surface area contributed by atoms with E-state index in [4.69, 9.17) is 5.73 Å². The van der Waals surface area contributed by atoms with Crippen molar-refractivity contribution >= 4 is 11.8 Å². The zero-order chi connectivity index (χ0) is 12.4. The quantitative estimate of drug-likeness (QED) is 0.823. The highest BCUT2D eigenvalue weighted by atomic mass is 32.2. The molecule has 1 heterocycles. The summed E-state index contributed by atoms with van der Waals surface area (Å²) in [5.41, 5.74) is 6.31. The summed E-state index contributed by atoms with van der Waals surface area (Å²) in [6, 6.07) is 1.17. The molecule has 0 spiro atoms. The molecule has 2 rings (SSSR count). The van der Waals surface area contributed by atoms with Crippen molar-refractivity contribution in [2.24, 2.45) is 17.6 Å². The Kier molecular flexibility index (Phi) is 4.79. The van der Waals surface area contributed by atoms with E-state index in [1.165, 1.54) is 38.1 Å². The van der Waals surface area contributed by atoms with Crippen molar-refractivity contribution in [1.82, 2.24) is 4.90 Å². The Morgan fingerprint density at radius 2 is 2.00 bits per heavy atom. The summed E-state index contributed by atoms with van der Waals surface area (Å²) < 4.78 is 0. The normalized spacial score (nSPS) is 44.8. The molecule has 1 aliphatic heterocycles. The smallest absolute Gasteiger partial charge is 0.0184 e. The van der Waals surface area contributed by atoms with E-state index in [9.17, 15) is 0 Å². The topological polar surface area (TPSA) is 29.3 Å². The van der Waals surface area contributed by atoms with E-state index in [2.05, 4.69) is 37.4 Å². The van der Waals surface area contributed by atoms with Crippen LogP contribution in [-0.2, 0) is 0 Å². The summed E-state index contributed by atoms with van der Waals surface area (Å²) in [5.74, 6) is 2.91. The summed E-state index contributed by atoms with van der Waals surface area (Å²) in [7, 11) is 0. The number of rotatable bonds is 2. The van der Waals surface area contributed by atoms with Crippen LogP contribution in [0.15, 0.2) is 0 Å². The first-order valence-electron chi connectivity index (χ1n) is 7.19. The van der Waals surface area contributed by atoms with Crippen LogP contribution in [0.25, 0.3) is 0 Å². The molecule has 0 bridgehead atoms. The second-order valence-electron chi connectivity index (χ2n) is 6.15. The summed E-state index contributed by atoms with van der Waals surface area (Å²) in [4.78, 5) is 2.68. The molecule has 0 aromatic carbocycles. The maximum absolute atomic E-state index is 6.31. The fourth-order valence-corrected chi connectivity index (χ4v) is 4.45. The second-order valence-corrected chi connectivity index (χ2v) is 7.64. The van der Waals surface area contributed by atoms with E-state index in [1.807, 2.05) is 0 Å². The van der Waals surface area contributed by atoms with E-state index in [1.54, 1.807) is 0 Å². The van der Waals surface area contributed by atoms with Crippen LogP contribution < -0.4 is 5.73 Å². The first kappa shape index (κ1) is 13.7. The third-order valence-corrected chi connectivity index (χ3v) is 6.12. The Morgan fingerprint density at radius 3 is 2.76 bits per heavy atom. The van der Waals surface area contributed by atoms with Crippen molar-refractivity contribution in [2.45, 2.75) is 57.4 Å². The Morgan fingerprint density at radius 1 is 1.24 bits per heavy atom. The summed E-state index contributed by atoms with van der Waals surface area (Å²) in [6.07, 6.45) is 3.91. The van der Waals surface area contributed by atoms with Gasteiger partial charge in [-0.25, -0.2) is 0 Å². The van der Waals surface area contributed by atoms with Gasteiger partial charge in [0.25, 0.3) is 0 Å². The molecule has 5 atom stereocenters. The molecular weight excluding hydrogens is 228 g/mol. The van der Waals surface area contributed by atoms with Crippen molar-refractivity contribution < 1.29 is 0 Å². The average Bonchev–Trinajstić information content (AvgIpc) is 2.30. The highest BCUT2D eigenvalue weighted by Gasteiger charge is 2.31. The van der Waals surface area contributed by atoms with E-state index in [0.717, 1.165) is 23.1 Å². The number of hydrogen-bond acceptors (Lipinski definition) is 3. The van der Waals surface area contributed by atoms with E-state index < -0.39 is 0 Å². The molecule has 1 saturated heterocycles. The van der Waals surface area contributed by atoms with Gasteiger partial charge in [-0.05, 0) is 38.0 Å². The van der Waals surface area contributed by atoms with Gasteiger partial charge in [0.05, 0.1) is 0 Å². The molecule has 3 heteroatoms. The lowest BCUT2D eigenvalue weighted by Gasteiger charge is -2.42. The predicted molar refractivity (Wildman–Crippen MR) is 77.4 cm³/mol. The molecular formula is C14H28N2S. The van der Waals surface area contributed by atoms with Gasteiger partial charge >= 0.3 is 0 Å². The van der Waals surface area contributed by atoms with Gasteiger partial charge in [0, 0.05) is 36.2 Å².